The van der Waals surface area contributed by atoms with Crippen molar-refractivity contribution in [1.82, 2.24) is 10.6 Å². The van der Waals surface area contributed by atoms with Crippen molar-refractivity contribution in [3.63, 3.8) is 0 Å². The topological polar surface area (TPSA) is 110 Å². The molecule has 58 valence electrons. The smallest absolute Gasteiger partial charge is 0.313 e. The zero-order valence-electron chi connectivity index (χ0n) is 5.55. The second kappa shape index (κ2) is 3.54. The normalized spacial score (nSPS) is 9.00. The third kappa shape index (κ3) is 4.69. The van der Waals surface area contributed by atoms with Crippen LogP contribution in [0.4, 0.5) is 9.59 Å². The van der Waals surface area contributed by atoms with Crippen LogP contribution in [0.2, 0.25) is 0 Å². The van der Waals surface area contributed by atoms with Gasteiger partial charge in [-0.2, -0.15) is 0 Å². The molecule has 0 aromatic rings. The first kappa shape index (κ1) is 8.54. The summed E-state index contributed by atoms with van der Waals surface area (Å²) >= 11 is 0. The van der Waals surface area contributed by atoms with Crippen molar-refractivity contribution in [1.29, 1.82) is 0 Å². The van der Waals surface area contributed by atoms with Crippen molar-refractivity contribution >= 4 is 12.1 Å². The van der Waals surface area contributed by atoms with Crippen LogP contribution >= 0.6 is 0 Å². The lowest BCUT2D eigenvalue weighted by Gasteiger charge is -2.11. The van der Waals surface area contributed by atoms with Gasteiger partial charge in [0.1, 0.15) is 6.17 Å². The van der Waals surface area contributed by atoms with Gasteiger partial charge in [-0.25, -0.2) is 9.59 Å². The van der Waals surface area contributed by atoms with Gasteiger partial charge in [0, 0.05) is 0 Å². The van der Waals surface area contributed by atoms with E-state index in [0.717, 1.165) is 0 Å². The number of amides is 4. The number of nitrogens with two attached hydrogens (primary N) is 2. The minimum absolute atomic E-state index is 0.532. The molecule has 0 atom stereocenters. The van der Waals surface area contributed by atoms with Crippen molar-refractivity contribution in [2.45, 2.75) is 13.1 Å². The molecule has 0 aromatic heterocycles. The summed E-state index contributed by atoms with van der Waals surface area (Å²) in [5, 5.41) is 4.40. The first-order valence-corrected chi connectivity index (χ1v) is 2.64. The number of hydrogen-bond donors (Lipinski definition) is 4. The molecule has 0 bridgehead atoms. The average Bonchev–Trinajstić information content (AvgIpc) is 1.58. The summed E-state index contributed by atoms with van der Waals surface area (Å²) in [6, 6.07) is -1.41. The summed E-state index contributed by atoms with van der Waals surface area (Å²) in [6.07, 6.45) is -0.532. The van der Waals surface area contributed by atoms with Crippen LogP contribution in [0.5, 0.6) is 0 Å². The van der Waals surface area contributed by atoms with Gasteiger partial charge < -0.3 is 22.1 Å². The quantitative estimate of drug-likeness (QED) is 0.362. The number of rotatable bonds is 2. The molecule has 4 amide bonds. The Morgan fingerprint density at radius 1 is 1.20 bits per heavy atom. The van der Waals surface area contributed by atoms with Gasteiger partial charge in [-0.3, -0.25) is 0 Å². The third-order valence-electron chi connectivity index (χ3n) is 0.718. The second-order valence-electron chi connectivity index (χ2n) is 1.74. The van der Waals surface area contributed by atoms with Gasteiger partial charge in [-0.05, 0) is 6.92 Å². The molecule has 0 saturated heterocycles. The van der Waals surface area contributed by atoms with Crippen molar-refractivity contribution in [3.8, 4) is 0 Å². The molecule has 0 rings (SSSR count). The van der Waals surface area contributed by atoms with E-state index in [9.17, 15) is 9.59 Å². The van der Waals surface area contributed by atoms with E-state index in [1.807, 2.05) is 0 Å². The molecule has 10 heavy (non-hydrogen) atoms. The Labute approximate surface area is 57.9 Å². The molecule has 0 aromatic carbocycles. The molecule has 0 heterocycles. The molecule has 0 aliphatic rings. The van der Waals surface area contributed by atoms with Crippen molar-refractivity contribution in [3.05, 3.63) is 0 Å². The van der Waals surface area contributed by atoms with Crippen LogP contribution in [-0.2, 0) is 0 Å². The Morgan fingerprint density at radius 3 is 1.70 bits per heavy atom. The lowest BCUT2D eigenvalue weighted by molar-refractivity contribution is 0.236. The molecular formula is C4H10N4O2. The molecule has 6 N–H and O–H groups in total. The van der Waals surface area contributed by atoms with Crippen molar-refractivity contribution in [2.24, 2.45) is 11.5 Å². The van der Waals surface area contributed by atoms with E-state index in [2.05, 4.69) is 10.6 Å². The standard InChI is InChI=1S/C4H10N4O2/c1-2(7-3(5)9)8-4(6)10/h2H,1H3,(H3,5,7,9)(H3,6,8,10). The largest absolute Gasteiger partial charge is 0.352 e. The van der Waals surface area contributed by atoms with E-state index in [0.29, 0.717) is 0 Å². The molecule has 0 saturated carbocycles. The SMILES string of the molecule is CC(NC(N)=O)NC(N)=O. The second-order valence-corrected chi connectivity index (χ2v) is 1.74. The van der Waals surface area contributed by atoms with Gasteiger partial charge in [-0.15, -0.1) is 0 Å². The maximum absolute atomic E-state index is 10.1. The van der Waals surface area contributed by atoms with E-state index >= 15 is 0 Å². The summed E-state index contributed by atoms with van der Waals surface area (Å²) < 4.78 is 0. The molecule has 6 heteroatoms. The Kier molecular flexibility index (Phi) is 3.03. The van der Waals surface area contributed by atoms with Gasteiger partial charge in [0.25, 0.3) is 0 Å². The number of primary amides is 2. The molecule has 0 radical (unpaired) electrons. The predicted octanol–water partition coefficient (Wildman–Crippen LogP) is -1.33. The maximum atomic E-state index is 10.1. The molecule has 6 nitrogen and oxygen atoms in total. The van der Waals surface area contributed by atoms with Gasteiger partial charge in [-0.1, -0.05) is 0 Å². The number of carbonyl (C=O) groups is 2. The highest BCUT2D eigenvalue weighted by molar-refractivity contribution is 5.75. The number of carbonyl (C=O) groups excluding carboxylic acids is 2. The molecule has 0 aliphatic heterocycles. The molecule has 0 fully saturated rings. The summed E-state index contributed by atoms with van der Waals surface area (Å²) in [7, 11) is 0. The minimum Gasteiger partial charge on any atom is -0.352 e. The number of hydrogen-bond acceptors (Lipinski definition) is 2. The fraction of sp³-hybridized carbons (Fsp3) is 0.500. The fourth-order valence-electron chi connectivity index (χ4n) is 0.463. The van der Waals surface area contributed by atoms with Gasteiger partial charge in [0.2, 0.25) is 0 Å². The van der Waals surface area contributed by atoms with Crippen LogP contribution in [0.15, 0.2) is 0 Å². The number of nitrogens with one attached hydrogen (secondary N) is 2. The van der Waals surface area contributed by atoms with E-state index < -0.39 is 18.2 Å². The zero-order chi connectivity index (χ0) is 8.15. The van der Waals surface area contributed by atoms with Crippen molar-refractivity contribution in [2.75, 3.05) is 0 Å². The minimum atomic E-state index is -0.707. The average molecular weight is 146 g/mol. The van der Waals surface area contributed by atoms with E-state index in [4.69, 9.17) is 11.5 Å². The van der Waals surface area contributed by atoms with Crippen LogP contribution in [0.1, 0.15) is 6.92 Å². The first-order chi connectivity index (χ1) is 4.52. The fourth-order valence-corrected chi connectivity index (χ4v) is 0.463. The lowest BCUT2D eigenvalue weighted by atomic mass is 10.5. The zero-order valence-corrected chi connectivity index (χ0v) is 5.55. The Balaban J connectivity index is 3.53. The van der Waals surface area contributed by atoms with E-state index in [1.54, 1.807) is 0 Å². The molecule has 0 aliphatic carbocycles. The summed E-state index contributed by atoms with van der Waals surface area (Å²) in [5.74, 6) is 0. The van der Waals surface area contributed by atoms with Crippen LogP contribution in [0.3, 0.4) is 0 Å². The van der Waals surface area contributed by atoms with E-state index in [1.165, 1.54) is 6.92 Å². The van der Waals surface area contributed by atoms with E-state index in [-0.39, 0.29) is 0 Å². The highest BCUT2D eigenvalue weighted by atomic mass is 16.2. The molecule has 0 unspecified atom stereocenters. The Hall–Kier alpha value is -1.46. The number of urea groups is 2. The predicted molar refractivity (Wildman–Crippen MR) is 34.9 cm³/mol. The van der Waals surface area contributed by atoms with Crippen molar-refractivity contribution < 1.29 is 9.59 Å². The third-order valence-corrected chi connectivity index (χ3v) is 0.718. The highest BCUT2D eigenvalue weighted by Gasteiger charge is 2.02. The lowest BCUT2D eigenvalue weighted by Crippen LogP contribution is -2.49. The monoisotopic (exact) mass is 146 g/mol. The van der Waals surface area contributed by atoms with Crippen LogP contribution < -0.4 is 22.1 Å². The Bertz CT molecular complexity index is 130. The van der Waals surface area contributed by atoms with Gasteiger partial charge in [0.05, 0.1) is 0 Å². The van der Waals surface area contributed by atoms with Crippen LogP contribution in [0, 0.1) is 0 Å². The van der Waals surface area contributed by atoms with Gasteiger partial charge in [0.15, 0.2) is 0 Å². The summed E-state index contributed by atoms with van der Waals surface area (Å²) in [6.45, 7) is 1.54. The van der Waals surface area contributed by atoms with Gasteiger partial charge >= 0.3 is 12.1 Å². The van der Waals surface area contributed by atoms with Crippen LogP contribution in [-0.4, -0.2) is 18.2 Å². The maximum Gasteiger partial charge on any atom is 0.313 e. The molecular weight excluding hydrogens is 136 g/mol. The summed E-state index contributed by atoms with van der Waals surface area (Å²) in [5.41, 5.74) is 9.45. The Morgan fingerprint density at radius 2 is 1.50 bits per heavy atom. The molecule has 0 spiro atoms. The summed E-state index contributed by atoms with van der Waals surface area (Å²) in [4.78, 5) is 20.2. The van der Waals surface area contributed by atoms with Crippen LogP contribution in [0.25, 0.3) is 0 Å². The highest BCUT2D eigenvalue weighted by Crippen LogP contribution is 1.71. The first-order valence-electron chi connectivity index (χ1n) is 2.64.